The Morgan fingerprint density at radius 2 is 2.09 bits per heavy atom. The molecule has 7 nitrogen and oxygen atoms in total. The molecule has 0 saturated carbocycles. The quantitative estimate of drug-likeness (QED) is 0.723. The number of aromatic nitrogens is 2. The van der Waals surface area contributed by atoms with Crippen LogP contribution in [-0.2, 0) is 15.9 Å². The highest BCUT2D eigenvalue weighted by Crippen LogP contribution is 2.34. The van der Waals surface area contributed by atoms with Crippen molar-refractivity contribution in [3.63, 3.8) is 0 Å². The van der Waals surface area contributed by atoms with Crippen LogP contribution in [0, 0.1) is 0 Å². The normalized spacial score (nSPS) is 24.5. The van der Waals surface area contributed by atoms with Crippen LogP contribution in [0.1, 0.15) is 31.2 Å². The maximum atomic E-state index is 11.6. The Labute approximate surface area is 128 Å². The molecule has 3 heterocycles. The van der Waals surface area contributed by atoms with Gasteiger partial charge in [0.1, 0.15) is 0 Å². The Bertz CT molecular complexity index is 598. The number of nitrogens with one attached hydrogen (secondary N) is 3. The van der Waals surface area contributed by atoms with Crippen LogP contribution in [0.5, 0.6) is 0 Å². The van der Waals surface area contributed by atoms with E-state index < -0.39 is 5.69 Å². The number of H-pyrrole nitrogens is 2. The van der Waals surface area contributed by atoms with Crippen molar-refractivity contribution in [3.05, 3.63) is 32.6 Å². The van der Waals surface area contributed by atoms with Crippen molar-refractivity contribution < 1.29 is 9.47 Å². The third kappa shape index (κ3) is 3.66. The number of hydrogen-bond donors (Lipinski definition) is 3. The summed E-state index contributed by atoms with van der Waals surface area (Å²) >= 11 is 0. The lowest BCUT2D eigenvalue weighted by atomic mass is 9.84. The largest absolute Gasteiger partial charge is 0.381 e. The molecule has 2 aliphatic heterocycles. The lowest BCUT2D eigenvalue weighted by Gasteiger charge is -2.43. The molecule has 1 atom stereocenters. The summed E-state index contributed by atoms with van der Waals surface area (Å²) in [4.78, 5) is 27.4. The molecule has 2 aliphatic rings. The minimum Gasteiger partial charge on any atom is -0.381 e. The van der Waals surface area contributed by atoms with E-state index in [1.54, 1.807) is 0 Å². The van der Waals surface area contributed by atoms with Crippen LogP contribution in [0.3, 0.4) is 0 Å². The Morgan fingerprint density at radius 1 is 1.27 bits per heavy atom. The first-order valence-electron chi connectivity index (χ1n) is 7.93. The second-order valence-corrected chi connectivity index (χ2v) is 6.13. The van der Waals surface area contributed by atoms with Crippen LogP contribution >= 0.6 is 0 Å². The fraction of sp³-hybridized carbons (Fsp3) is 0.733. The molecule has 2 fully saturated rings. The molecule has 0 bridgehead atoms. The fourth-order valence-corrected chi connectivity index (χ4v) is 3.33. The molecule has 7 heteroatoms. The molecular formula is C15H23N3O4. The van der Waals surface area contributed by atoms with Gasteiger partial charge >= 0.3 is 5.69 Å². The molecule has 122 valence electrons. The molecule has 1 aromatic rings. The highest BCUT2D eigenvalue weighted by molar-refractivity contribution is 5.04. The minimum absolute atomic E-state index is 0.0242. The average Bonchev–Trinajstić information content (AvgIpc) is 2.50. The van der Waals surface area contributed by atoms with Gasteiger partial charge in [-0.2, -0.15) is 0 Å². The van der Waals surface area contributed by atoms with Gasteiger partial charge in [0.15, 0.2) is 0 Å². The van der Waals surface area contributed by atoms with E-state index in [1.807, 2.05) is 0 Å². The van der Waals surface area contributed by atoms with Crippen molar-refractivity contribution in [1.29, 1.82) is 0 Å². The molecule has 22 heavy (non-hydrogen) atoms. The van der Waals surface area contributed by atoms with Crippen LogP contribution in [0.25, 0.3) is 0 Å². The smallest absolute Gasteiger partial charge is 0.325 e. The van der Waals surface area contributed by atoms with Gasteiger partial charge in [0.05, 0.1) is 5.60 Å². The maximum absolute atomic E-state index is 11.6. The van der Waals surface area contributed by atoms with Crippen LogP contribution in [-0.4, -0.2) is 48.0 Å². The summed E-state index contributed by atoms with van der Waals surface area (Å²) in [7, 11) is 0. The van der Waals surface area contributed by atoms with Crippen LogP contribution < -0.4 is 16.6 Å². The molecule has 2 saturated heterocycles. The second-order valence-electron chi connectivity index (χ2n) is 6.13. The van der Waals surface area contributed by atoms with Crippen LogP contribution in [0.2, 0.25) is 0 Å². The van der Waals surface area contributed by atoms with E-state index in [2.05, 4.69) is 15.3 Å². The Hall–Kier alpha value is -1.44. The minimum atomic E-state index is -0.465. The first-order valence-corrected chi connectivity index (χ1v) is 7.93. The third-order valence-corrected chi connectivity index (χ3v) is 4.62. The lowest BCUT2D eigenvalue weighted by molar-refractivity contribution is -0.140. The van der Waals surface area contributed by atoms with E-state index in [0.717, 1.165) is 45.5 Å². The van der Waals surface area contributed by atoms with E-state index in [4.69, 9.17) is 9.47 Å². The van der Waals surface area contributed by atoms with Crippen molar-refractivity contribution in [2.75, 3.05) is 26.4 Å². The topological polar surface area (TPSA) is 96.2 Å². The molecule has 1 aromatic heterocycles. The summed E-state index contributed by atoms with van der Waals surface area (Å²) in [5.41, 5.74) is -0.199. The van der Waals surface area contributed by atoms with Gasteiger partial charge in [0.25, 0.3) is 5.56 Å². The van der Waals surface area contributed by atoms with Crippen LogP contribution in [0.15, 0.2) is 15.8 Å². The Morgan fingerprint density at radius 3 is 2.86 bits per heavy atom. The van der Waals surface area contributed by atoms with Crippen molar-refractivity contribution in [2.24, 2.45) is 0 Å². The molecule has 1 spiro atoms. The lowest BCUT2D eigenvalue weighted by Crippen LogP contribution is -2.50. The zero-order valence-electron chi connectivity index (χ0n) is 12.7. The SMILES string of the molecule is O=c1[nH]cc(CCN[C@@H]2CCOC3(CCOCC3)C2)c(=O)[nH]1. The van der Waals surface area contributed by atoms with Crippen molar-refractivity contribution >= 4 is 0 Å². The Balaban J connectivity index is 1.51. The molecule has 3 rings (SSSR count). The maximum Gasteiger partial charge on any atom is 0.325 e. The number of rotatable bonds is 4. The van der Waals surface area contributed by atoms with Gasteiger partial charge in [-0.05, 0) is 38.6 Å². The summed E-state index contributed by atoms with van der Waals surface area (Å²) in [5.74, 6) is 0. The summed E-state index contributed by atoms with van der Waals surface area (Å²) in [6, 6.07) is 0.411. The predicted molar refractivity (Wildman–Crippen MR) is 81.1 cm³/mol. The van der Waals surface area contributed by atoms with Gasteiger partial charge in [0, 0.05) is 37.6 Å². The number of hydrogen-bond acceptors (Lipinski definition) is 5. The van der Waals surface area contributed by atoms with E-state index in [-0.39, 0.29) is 11.2 Å². The third-order valence-electron chi connectivity index (χ3n) is 4.62. The summed E-state index contributed by atoms with van der Waals surface area (Å²) in [5, 5.41) is 3.52. The fourth-order valence-electron chi connectivity index (χ4n) is 3.33. The molecule has 3 N–H and O–H groups in total. The van der Waals surface area contributed by atoms with Gasteiger partial charge < -0.3 is 19.8 Å². The number of aromatic amines is 2. The van der Waals surface area contributed by atoms with E-state index in [0.29, 0.717) is 24.6 Å². The molecule has 0 unspecified atom stereocenters. The van der Waals surface area contributed by atoms with E-state index in [9.17, 15) is 9.59 Å². The predicted octanol–water partition coefficient (Wildman–Crippen LogP) is -0.0765. The summed E-state index contributed by atoms with van der Waals surface area (Å²) < 4.78 is 11.4. The number of ether oxygens (including phenoxy) is 2. The summed E-state index contributed by atoms with van der Waals surface area (Å²) in [6.07, 6.45) is 6.00. The molecule has 0 amide bonds. The first kappa shape index (κ1) is 15.5. The van der Waals surface area contributed by atoms with E-state index >= 15 is 0 Å². The van der Waals surface area contributed by atoms with Crippen molar-refractivity contribution in [1.82, 2.24) is 15.3 Å². The van der Waals surface area contributed by atoms with Crippen molar-refractivity contribution in [2.45, 2.75) is 43.7 Å². The standard InChI is InChI=1S/C15H23N3O4/c19-13-11(10-17-14(20)18-13)1-5-16-12-2-6-22-15(9-12)3-7-21-8-4-15/h10,12,16H,1-9H2,(H2,17,18,19,20)/t12-/m1/s1. The van der Waals surface area contributed by atoms with Gasteiger partial charge in [-0.1, -0.05) is 0 Å². The molecule has 0 aliphatic carbocycles. The van der Waals surface area contributed by atoms with Gasteiger partial charge in [-0.25, -0.2) is 4.79 Å². The molecule has 0 aromatic carbocycles. The molecular weight excluding hydrogens is 286 g/mol. The zero-order valence-corrected chi connectivity index (χ0v) is 12.7. The highest BCUT2D eigenvalue weighted by Gasteiger charge is 2.38. The second kappa shape index (κ2) is 6.76. The van der Waals surface area contributed by atoms with Crippen LogP contribution in [0.4, 0.5) is 0 Å². The van der Waals surface area contributed by atoms with Gasteiger partial charge in [-0.3, -0.25) is 9.78 Å². The first-order chi connectivity index (χ1) is 10.7. The van der Waals surface area contributed by atoms with E-state index in [1.165, 1.54) is 6.20 Å². The highest BCUT2D eigenvalue weighted by atomic mass is 16.5. The molecule has 0 radical (unpaired) electrons. The zero-order chi connectivity index (χ0) is 15.4. The summed E-state index contributed by atoms with van der Waals surface area (Å²) in [6.45, 7) is 3.04. The monoisotopic (exact) mass is 309 g/mol. The van der Waals surface area contributed by atoms with Gasteiger partial charge in [-0.15, -0.1) is 0 Å². The van der Waals surface area contributed by atoms with Gasteiger partial charge in [0.2, 0.25) is 0 Å². The average molecular weight is 309 g/mol. The Kier molecular flexibility index (Phi) is 4.75. The van der Waals surface area contributed by atoms with Crippen molar-refractivity contribution in [3.8, 4) is 0 Å².